The monoisotopic (exact) mass is 314 g/mol. The van der Waals surface area contributed by atoms with Gasteiger partial charge in [-0.05, 0) is 30.7 Å². The fourth-order valence-electron chi connectivity index (χ4n) is 1.98. The lowest BCUT2D eigenvalue weighted by molar-refractivity contribution is 0.0687. The molecule has 3 rings (SSSR count). The Morgan fingerprint density at radius 3 is 2.65 bits per heavy atom. The molecule has 0 aliphatic heterocycles. The number of pyridine rings is 1. The fourth-order valence-corrected chi connectivity index (χ4v) is 1.98. The Morgan fingerprint density at radius 2 is 2.00 bits per heavy atom. The summed E-state index contributed by atoms with van der Waals surface area (Å²) < 4.78 is 18.6. The van der Waals surface area contributed by atoms with Gasteiger partial charge in [-0.25, -0.2) is 14.9 Å². The predicted octanol–water partition coefficient (Wildman–Crippen LogP) is 2.80. The zero-order valence-electron chi connectivity index (χ0n) is 11.9. The summed E-state index contributed by atoms with van der Waals surface area (Å²) in [7, 11) is 0. The van der Waals surface area contributed by atoms with Gasteiger partial charge in [-0.3, -0.25) is 0 Å². The van der Waals surface area contributed by atoms with E-state index in [1.54, 1.807) is 37.3 Å². The third kappa shape index (κ3) is 3.00. The number of carboxylic acids is 1. The van der Waals surface area contributed by atoms with Crippen molar-refractivity contribution in [2.45, 2.75) is 6.92 Å². The number of ether oxygens (including phenoxy) is 1. The number of hydrogen-bond donors (Lipinski definition) is 2. The summed E-state index contributed by atoms with van der Waals surface area (Å²) in [5.41, 5.74) is 1.75. The molecule has 3 aromatic rings. The van der Waals surface area contributed by atoms with Gasteiger partial charge >= 0.3 is 5.97 Å². The first-order valence-electron chi connectivity index (χ1n) is 6.59. The van der Waals surface area contributed by atoms with Crippen LogP contribution in [0.4, 0.5) is 4.39 Å². The number of halogens is 1. The average Bonchev–Trinajstić information content (AvgIpc) is 2.99. The average molecular weight is 314 g/mol. The Bertz CT molecular complexity index is 861. The Kier molecular flexibility index (Phi) is 3.71. The van der Waals surface area contributed by atoms with Crippen LogP contribution in [0, 0.1) is 12.9 Å². The number of aromatic nitrogens is 4. The number of H-pyrrole nitrogens is 1. The first-order valence-corrected chi connectivity index (χ1v) is 6.59. The van der Waals surface area contributed by atoms with Crippen molar-refractivity contribution in [1.82, 2.24) is 20.4 Å². The quantitative estimate of drug-likeness (QED) is 0.718. The molecule has 0 atom stereocenters. The van der Waals surface area contributed by atoms with E-state index in [1.807, 2.05) is 0 Å². The molecular weight excluding hydrogens is 303 g/mol. The first kappa shape index (κ1) is 14.6. The third-order valence-corrected chi connectivity index (χ3v) is 3.14. The van der Waals surface area contributed by atoms with Gasteiger partial charge in [-0.1, -0.05) is 17.3 Å². The Labute approximate surface area is 129 Å². The normalized spacial score (nSPS) is 10.5. The highest BCUT2D eigenvalue weighted by Gasteiger charge is 2.16. The molecule has 23 heavy (non-hydrogen) atoms. The predicted molar refractivity (Wildman–Crippen MR) is 77.8 cm³/mol. The Balaban J connectivity index is 1.83. The van der Waals surface area contributed by atoms with Crippen LogP contribution in [0.1, 0.15) is 16.1 Å². The van der Waals surface area contributed by atoms with Crippen LogP contribution in [0.3, 0.4) is 0 Å². The molecule has 0 saturated carbocycles. The van der Waals surface area contributed by atoms with Crippen LogP contribution < -0.4 is 4.74 Å². The van der Waals surface area contributed by atoms with Crippen LogP contribution in [0.25, 0.3) is 11.1 Å². The number of benzene rings is 1. The summed E-state index contributed by atoms with van der Waals surface area (Å²) >= 11 is 0. The molecule has 0 aliphatic rings. The van der Waals surface area contributed by atoms with Crippen LogP contribution in [0.2, 0.25) is 0 Å². The molecule has 0 bridgehead atoms. The molecule has 0 amide bonds. The van der Waals surface area contributed by atoms with E-state index in [2.05, 4.69) is 20.4 Å². The smallest absolute Gasteiger partial charge is 0.362 e. The molecule has 0 saturated heterocycles. The van der Waals surface area contributed by atoms with Crippen LogP contribution in [-0.4, -0.2) is 31.5 Å². The van der Waals surface area contributed by atoms with E-state index in [-0.39, 0.29) is 11.6 Å². The van der Waals surface area contributed by atoms with Gasteiger partial charge in [0.15, 0.2) is 0 Å². The van der Waals surface area contributed by atoms with Crippen molar-refractivity contribution in [2.75, 3.05) is 0 Å². The van der Waals surface area contributed by atoms with Gasteiger partial charge in [0.2, 0.25) is 11.6 Å². The van der Waals surface area contributed by atoms with E-state index in [1.165, 1.54) is 6.20 Å². The van der Waals surface area contributed by atoms with Gasteiger partial charge in [0, 0.05) is 17.3 Å². The van der Waals surface area contributed by atoms with Crippen molar-refractivity contribution in [3.05, 3.63) is 53.7 Å². The number of carbonyl (C=O) groups is 1. The maximum absolute atomic E-state index is 13.2. The largest absolute Gasteiger partial charge is 0.476 e. The van der Waals surface area contributed by atoms with Gasteiger partial charge < -0.3 is 9.84 Å². The Hall–Kier alpha value is -3.29. The summed E-state index contributed by atoms with van der Waals surface area (Å²) in [6.45, 7) is 1.64. The van der Waals surface area contributed by atoms with Crippen molar-refractivity contribution in [3.8, 4) is 22.8 Å². The van der Waals surface area contributed by atoms with E-state index in [0.717, 1.165) is 11.1 Å². The highest BCUT2D eigenvalue weighted by Crippen LogP contribution is 2.26. The van der Waals surface area contributed by atoms with Crippen LogP contribution in [-0.2, 0) is 0 Å². The maximum Gasteiger partial charge on any atom is 0.362 e. The second-order valence-corrected chi connectivity index (χ2v) is 4.75. The summed E-state index contributed by atoms with van der Waals surface area (Å²) in [5, 5.41) is 18.1. The van der Waals surface area contributed by atoms with E-state index < -0.39 is 11.9 Å². The number of hydrogen-bond acceptors (Lipinski definition) is 5. The summed E-state index contributed by atoms with van der Waals surface area (Å²) in [6, 6.07) is 8.52. The van der Waals surface area contributed by atoms with Crippen LogP contribution in [0.15, 0.2) is 36.5 Å². The third-order valence-electron chi connectivity index (χ3n) is 3.14. The Morgan fingerprint density at radius 1 is 1.26 bits per heavy atom. The first-order chi connectivity index (χ1) is 11.0. The number of rotatable bonds is 4. The number of aromatic carboxylic acids is 1. The standard InChI is InChI=1S/C15H11FN4O3/c1-8-6-10(7-17-13(8)16)9-2-4-11(5-3-9)23-14-12(15(21)22)18-20-19-14/h2-7H,1H3,(H,21,22)(H,18,19,20). The molecule has 2 aromatic heterocycles. The number of nitrogens with one attached hydrogen (secondary N) is 1. The number of nitrogens with zero attached hydrogens (tertiary/aromatic N) is 3. The lowest BCUT2D eigenvalue weighted by atomic mass is 10.1. The van der Waals surface area contributed by atoms with E-state index in [0.29, 0.717) is 11.3 Å². The van der Waals surface area contributed by atoms with Crippen molar-refractivity contribution >= 4 is 5.97 Å². The number of aryl methyl sites for hydroxylation is 1. The van der Waals surface area contributed by atoms with E-state index >= 15 is 0 Å². The minimum absolute atomic E-state index is 0.0513. The number of carboxylic acid groups (broad SMARTS) is 1. The van der Waals surface area contributed by atoms with Crippen LogP contribution >= 0.6 is 0 Å². The lowest BCUT2D eigenvalue weighted by Crippen LogP contribution is -1.99. The number of aromatic amines is 1. The summed E-state index contributed by atoms with van der Waals surface area (Å²) in [6.07, 6.45) is 1.44. The van der Waals surface area contributed by atoms with Gasteiger partial charge in [0.05, 0.1) is 0 Å². The minimum atomic E-state index is -1.24. The van der Waals surface area contributed by atoms with Gasteiger partial charge in [0.25, 0.3) is 5.88 Å². The second kappa shape index (κ2) is 5.84. The SMILES string of the molecule is Cc1cc(-c2ccc(Oc3[nH]nnc3C(=O)O)cc2)cnc1F. The van der Waals surface area contributed by atoms with Crippen molar-refractivity contribution in [2.24, 2.45) is 0 Å². The highest BCUT2D eigenvalue weighted by atomic mass is 19.1. The molecule has 2 heterocycles. The van der Waals surface area contributed by atoms with Crippen molar-refractivity contribution in [3.63, 3.8) is 0 Å². The molecule has 0 aliphatic carbocycles. The molecule has 8 heteroatoms. The van der Waals surface area contributed by atoms with Crippen molar-refractivity contribution in [1.29, 1.82) is 0 Å². The molecule has 0 fully saturated rings. The molecular formula is C15H11FN4O3. The van der Waals surface area contributed by atoms with Gasteiger partial charge in [-0.2, -0.15) is 4.39 Å². The molecule has 0 spiro atoms. The van der Waals surface area contributed by atoms with Crippen LogP contribution in [0.5, 0.6) is 11.6 Å². The molecule has 1 aromatic carbocycles. The van der Waals surface area contributed by atoms with E-state index in [9.17, 15) is 9.18 Å². The fraction of sp³-hybridized carbons (Fsp3) is 0.0667. The highest BCUT2D eigenvalue weighted by molar-refractivity contribution is 5.87. The summed E-state index contributed by atoms with van der Waals surface area (Å²) in [5.74, 6) is -1.38. The molecule has 0 radical (unpaired) electrons. The molecule has 116 valence electrons. The molecule has 2 N–H and O–H groups in total. The zero-order valence-corrected chi connectivity index (χ0v) is 11.9. The molecule has 0 unspecified atom stereocenters. The zero-order chi connectivity index (χ0) is 16.4. The topological polar surface area (TPSA) is 101 Å². The van der Waals surface area contributed by atoms with Gasteiger partial charge in [-0.15, -0.1) is 5.10 Å². The maximum atomic E-state index is 13.2. The van der Waals surface area contributed by atoms with Gasteiger partial charge in [0.1, 0.15) is 5.75 Å². The van der Waals surface area contributed by atoms with E-state index in [4.69, 9.17) is 9.84 Å². The second-order valence-electron chi connectivity index (χ2n) is 4.75. The molecule has 7 nitrogen and oxygen atoms in total. The summed E-state index contributed by atoms with van der Waals surface area (Å²) in [4.78, 5) is 14.6. The lowest BCUT2D eigenvalue weighted by Gasteiger charge is -2.06. The minimum Gasteiger partial charge on any atom is -0.476 e. The van der Waals surface area contributed by atoms with Crippen molar-refractivity contribution < 1.29 is 19.0 Å².